The molecule has 1 N–H and O–H groups in total. The lowest BCUT2D eigenvalue weighted by atomic mass is 10.2. The summed E-state index contributed by atoms with van der Waals surface area (Å²) in [4.78, 5) is 14.0. The molecule has 0 unspecified atom stereocenters. The zero-order chi connectivity index (χ0) is 13.4. The van der Waals surface area contributed by atoms with E-state index in [1.54, 1.807) is 0 Å². The lowest BCUT2D eigenvalue weighted by molar-refractivity contribution is -0.130. The van der Waals surface area contributed by atoms with E-state index >= 15 is 0 Å². The number of fused-ring (bicyclic) bond motifs is 1. The van der Waals surface area contributed by atoms with E-state index in [9.17, 15) is 9.90 Å². The van der Waals surface area contributed by atoms with Gasteiger partial charge in [-0.15, -0.1) is 0 Å². The van der Waals surface area contributed by atoms with E-state index in [4.69, 9.17) is 0 Å². The molecule has 100 valence electrons. The largest absolute Gasteiger partial charge is 0.392 e. The van der Waals surface area contributed by atoms with Crippen LogP contribution in [0, 0.1) is 0 Å². The van der Waals surface area contributed by atoms with E-state index in [2.05, 4.69) is 0 Å². The molecule has 4 nitrogen and oxygen atoms in total. The molecule has 1 aliphatic rings. The first-order valence-electron chi connectivity index (χ1n) is 6.64. The van der Waals surface area contributed by atoms with Gasteiger partial charge in [-0.3, -0.25) is 4.79 Å². The van der Waals surface area contributed by atoms with Crippen molar-refractivity contribution in [3.63, 3.8) is 0 Å². The van der Waals surface area contributed by atoms with E-state index < -0.39 is 0 Å². The minimum absolute atomic E-state index is 0.000167. The number of benzene rings is 1. The van der Waals surface area contributed by atoms with Crippen molar-refractivity contribution in [3.8, 4) is 0 Å². The van der Waals surface area contributed by atoms with Crippen LogP contribution in [0.1, 0.15) is 18.4 Å². The molecule has 1 aliphatic carbocycles. The normalized spacial score (nSPS) is 14.8. The molecule has 19 heavy (non-hydrogen) atoms. The van der Waals surface area contributed by atoms with Crippen molar-refractivity contribution in [1.29, 1.82) is 0 Å². The van der Waals surface area contributed by atoms with Gasteiger partial charge in [-0.25, -0.2) is 0 Å². The molecule has 2 aromatic rings. The van der Waals surface area contributed by atoms with Gasteiger partial charge in [0.05, 0.1) is 6.61 Å². The molecule has 0 bridgehead atoms. The molecule has 1 aromatic heterocycles. The first-order valence-corrected chi connectivity index (χ1v) is 6.64. The smallest absolute Gasteiger partial charge is 0.242 e. The van der Waals surface area contributed by atoms with Crippen molar-refractivity contribution in [3.05, 3.63) is 36.0 Å². The lowest BCUT2D eigenvalue weighted by Crippen LogP contribution is -2.31. The standard InChI is InChI=1S/C15H18N2O2/c1-16(12-6-7-12)15(19)9-17-8-11(10-18)13-4-2-3-5-14(13)17/h2-5,8,12,18H,6-7,9-10H2,1H3. The third kappa shape index (κ3) is 2.24. The van der Waals surface area contributed by atoms with Crippen molar-refractivity contribution >= 4 is 16.8 Å². The van der Waals surface area contributed by atoms with Gasteiger partial charge in [0, 0.05) is 35.8 Å². The summed E-state index contributed by atoms with van der Waals surface area (Å²) in [5, 5.41) is 10.4. The maximum atomic E-state index is 12.2. The van der Waals surface area contributed by atoms with Gasteiger partial charge in [0.1, 0.15) is 6.54 Å². The van der Waals surface area contributed by atoms with Gasteiger partial charge in [-0.1, -0.05) is 18.2 Å². The van der Waals surface area contributed by atoms with Gasteiger partial charge in [0.25, 0.3) is 0 Å². The number of carbonyl (C=O) groups excluding carboxylic acids is 1. The molecule has 0 aliphatic heterocycles. The fraction of sp³-hybridized carbons (Fsp3) is 0.400. The van der Waals surface area contributed by atoms with Crippen LogP contribution >= 0.6 is 0 Å². The van der Waals surface area contributed by atoms with Crippen LogP contribution in [0.2, 0.25) is 0 Å². The summed E-state index contributed by atoms with van der Waals surface area (Å²) in [7, 11) is 1.87. The minimum Gasteiger partial charge on any atom is -0.392 e. The Morgan fingerprint density at radius 3 is 2.84 bits per heavy atom. The van der Waals surface area contributed by atoms with E-state index in [1.807, 2.05) is 47.0 Å². The average Bonchev–Trinajstić information content (AvgIpc) is 3.22. The summed E-state index contributed by atoms with van der Waals surface area (Å²) in [5.41, 5.74) is 1.88. The van der Waals surface area contributed by atoms with Gasteiger partial charge < -0.3 is 14.6 Å². The van der Waals surface area contributed by atoms with Crippen LogP contribution in [0.5, 0.6) is 0 Å². The predicted molar refractivity (Wildman–Crippen MR) is 73.7 cm³/mol. The summed E-state index contributed by atoms with van der Waals surface area (Å²) in [6.45, 7) is 0.341. The van der Waals surface area contributed by atoms with Crippen molar-refractivity contribution in [2.75, 3.05) is 7.05 Å². The van der Waals surface area contributed by atoms with Crippen LogP contribution in [0.15, 0.2) is 30.5 Å². The summed E-state index contributed by atoms with van der Waals surface area (Å²) in [6, 6.07) is 8.30. The topological polar surface area (TPSA) is 45.5 Å². The van der Waals surface area contributed by atoms with Gasteiger partial charge >= 0.3 is 0 Å². The van der Waals surface area contributed by atoms with Crippen molar-refractivity contribution in [1.82, 2.24) is 9.47 Å². The molecule has 1 saturated carbocycles. The fourth-order valence-corrected chi connectivity index (χ4v) is 2.50. The van der Waals surface area contributed by atoms with E-state index in [0.29, 0.717) is 12.6 Å². The number of para-hydroxylation sites is 1. The Morgan fingerprint density at radius 1 is 1.42 bits per heavy atom. The van der Waals surface area contributed by atoms with Crippen LogP contribution in [0.25, 0.3) is 10.9 Å². The van der Waals surface area contributed by atoms with Crippen molar-refractivity contribution in [2.45, 2.75) is 32.0 Å². The summed E-state index contributed by atoms with van der Waals surface area (Å²) < 4.78 is 1.93. The van der Waals surface area contributed by atoms with E-state index in [0.717, 1.165) is 29.3 Å². The molecular weight excluding hydrogens is 240 g/mol. The summed E-state index contributed by atoms with van der Waals surface area (Å²) in [6.07, 6.45) is 4.12. The van der Waals surface area contributed by atoms with Crippen LogP contribution in [0.4, 0.5) is 0 Å². The molecule has 1 fully saturated rings. The highest BCUT2D eigenvalue weighted by atomic mass is 16.3. The Hall–Kier alpha value is -1.81. The molecule has 0 radical (unpaired) electrons. The maximum absolute atomic E-state index is 12.2. The van der Waals surface area contributed by atoms with Crippen molar-refractivity contribution < 1.29 is 9.90 Å². The van der Waals surface area contributed by atoms with Crippen LogP contribution in [-0.2, 0) is 17.9 Å². The van der Waals surface area contributed by atoms with Crippen molar-refractivity contribution in [2.24, 2.45) is 0 Å². The third-order valence-electron chi connectivity index (χ3n) is 3.84. The highest BCUT2D eigenvalue weighted by Gasteiger charge is 2.29. The highest BCUT2D eigenvalue weighted by molar-refractivity contribution is 5.86. The highest BCUT2D eigenvalue weighted by Crippen LogP contribution is 2.26. The van der Waals surface area contributed by atoms with Gasteiger partial charge in [-0.2, -0.15) is 0 Å². The fourth-order valence-electron chi connectivity index (χ4n) is 2.50. The number of hydrogen-bond acceptors (Lipinski definition) is 2. The predicted octanol–water partition coefficient (Wildman–Crippen LogP) is 1.75. The number of nitrogens with zero attached hydrogens (tertiary/aromatic N) is 2. The second-order valence-corrected chi connectivity index (χ2v) is 5.19. The van der Waals surface area contributed by atoms with Gasteiger partial charge in [-0.05, 0) is 18.9 Å². The van der Waals surface area contributed by atoms with Crippen LogP contribution in [0.3, 0.4) is 0 Å². The lowest BCUT2D eigenvalue weighted by Gasteiger charge is -2.16. The average molecular weight is 258 g/mol. The second kappa shape index (κ2) is 4.70. The molecule has 3 rings (SSSR count). The number of amides is 1. The van der Waals surface area contributed by atoms with Crippen LogP contribution in [-0.4, -0.2) is 33.6 Å². The Kier molecular flexibility index (Phi) is 3.03. The van der Waals surface area contributed by atoms with E-state index in [1.165, 1.54) is 0 Å². The monoisotopic (exact) mass is 258 g/mol. The first kappa shape index (κ1) is 12.2. The Bertz CT molecular complexity index is 614. The minimum atomic E-state index is 0.000167. The molecule has 1 amide bonds. The van der Waals surface area contributed by atoms with Gasteiger partial charge in [0.15, 0.2) is 0 Å². The molecular formula is C15H18N2O2. The number of aliphatic hydroxyl groups excluding tert-OH is 1. The Balaban J connectivity index is 1.89. The SMILES string of the molecule is CN(C(=O)Cn1cc(CO)c2ccccc21)C1CC1. The Morgan fingerprint density at radius 2 is 2.16 bits per heavy atom. The molecule has 0 atom stereocenters. The number of rotatable bonds is 4. The quantitative estimate of drug-likeness (QED) is 0.908. The van der Waals surface area contributed by atoms with Gasteiger partial charge in [0.2, 0.25) is 5.91 Å². The molecule has 0 spiro atoms. The zero-order valence-corrected chi connectivity index (χ0v) is 11.0. The number of carbonyl (C=O) groups is 1. The second-order valence-electron chi connectivity index (χ2n) is 5.19. The number of aliphatic hydroxyl groups is 1. The molecule has 1 heterocycles. The summed E-state index contributed by atoms with van der Waals surface area (Å²) >= 11 is 0. The third-order valence-corrected chi connectivity index (χ3v) is 3.84. The molecule has 1 aromatic carbocycles. The molecule has 0 saturated heterocycles. The maximum Gasteiger partial charge on any atom is 0.242 e. The van der Waals surface area contributed by atoms with Crippen LogP contribution < -0.4 is 0 Å². The Labute approximate surface area is 112 Å². The first-order chi connectivity index (χ1) is 9.20. The van der Waals surface area contributed by atoms with E-state index in [-0.39, 0.29) is 12.5 Å². The number of likely N-dealkylation sites (N-methyl/N-ethyl adjacent to an activating group) is 1. The number of hydrogen-bond donors (Lipinski definition) is 1. The molecule has 4 heteroatoms. The zero-order valence-electron chi connectivity index (χ0n) is 11.0. The number of aromatic nitrogens is 1. The summed E-state index contributed by atoms with van der Waals surface area (Å²) in [5.74, 6) is 0.132.